The van der Waals surface area contributed by atoms with E-state index < -0.39 is 0 Å². The van der Waals surface area contributed by atoms with Crippen molar-refractivity contribution in [1.29, 1.82) is 0 Å². The Morgan fingerprint density at radius 2 is 2.06 bits per heavy atom. The van der Waals surface area contributed by atoms with Crippen LogP contribution in [0.25, 0.3) is 0 Å². The van der Waals surface area contributed by atoms with E-state index in [0.29, 0.717) is 0 Å². The summed E-state index contributed by atoms with van der Waals surface area (Å²) in [5, 5.41) is 0. The van der Waals surface area contributed by atoms with Crippen LogP contribution >= 0.6 is 0 Å². The number of Topliss-reactive ketones (excluding diaryl/α,β-unsaturated/α-hetero) is 1. The molecule has 2 fully saturated rings. The third kappa shape index (κ3) is 2.12. The lowest BCUT2D eigenvalue weighted by Gasteiger charge is -2.34. The number of carbonyl (C=O) groups is 2. The molecule has 4 heteroatoms. The fraction of sp³-hybridized carbons (Fsp3) is 0.833. The Morgan fingerprint density at radius 3 is 2.62 bits per heavy atom. The molecule has 0 bridgehead atoms. The number of hydrogen-bond acceptors (Lipinski definition) is 3. The van der Waals surface area contributed by atoms with Crippen molar-refractivity contribution < 1.29 is 9.59 Å². The molecule has 0 aromatic rings. The largest absolute Gasteiger partial charge is 0.344 e. The normalized spacial score (nSPS) is 32.1. The number of ketones is 1. The number of nitrogens with zero attached hydrogens (tertiary/aromatic N) is 2. The second-order valence-electron chi connectivity index (χ2n) is 5.01. The van der Waals surface area contributed by atoms with Gasteiger partial charge in [-0.1, -0.05) is 0 Å². The summed E-state index contributed by atoms with van der Waals surface area (Å²) in [6.45, 7) is 4.26. The van der Waals surface area contributed by atoms with Gasteiger partial charge in [0.15, 0.2) is 0 Å². The number of piperidine rings is 1. The minimum atomic E-state index is 0.0344. The van der Waals surface area contributed by atoms with Gasteiger partial charge in [0.25, 0.3) is 0 Å². The molecule has 2 aliphatic rings. The molecule has 0 aliphatic carbocycles. The average molecular weight is 224 g/mol. The van der Waals surface area contributed by atoms with Crippen LogP contribution in [0.15, 0.2) is 0 Å². The van der Waals surface area contributed by atoms with Gasteiger partial charge in [0.1, 0.15) is 5.78 Å². The van der Waals surface area contributed by atoms with Gasteiger partial charge in [0.05, 0.1) is 6.04 Å². The summed E-state index contributed by atoms with van der Waals surface area (Å²) >= 11 is 0. The van der Waals surface area contributed by atoms with Gasteiger partial charge >= 0.3 is 0 Å². The van der Waals surface area contributed by atoms with Crippen LogP contribution in [0.2, 0.25) is 0 Å². The topological polar surface area (TPSA) is 40.6 Å². The average Bonchev–Trinajstić information content (AvgIpc) is 2.60. The van der Waals surface area contributed by atoms with E-state index in [1.54, 1.807) is 11.8 Å². The van der Waals surface area contributed by atoms with E-state index in [2.05, 4.69) is 4.90 Å². The van der Waals surface area contributed by atoms with Crippen molar-refractivity contribution in [3.8, 4) is 0 Å². The monoisotopic (exact) mass is 224 g/mol. The second kappa shape index (κ2) is 4.53. The number of rotatable bonds is 2. The van der Waals surface area contributed by atoms with Crippen molar-refractivity contribution in [2.75, 3.05) is 26.7 Å². The molecule has 1 amide bonds. The van der Waals surface area contributed by atoms with Crippen LogP contribution in [0.3, 0.4) is 0 Å². The van der Waals surface area contributed by atoms with Crippen LogP contribution in [0, 0.1) is 5.92 Å². The molecular formula is C12H20N2O2. The number of likely N-dealkylation sites (tertiary alicyclic amines) is 2. The summed E-state index contributed by atoms with van der Waals surface area (Å²) in [6.07, 6.45) is 2.94. The highest BCUT2D eigenvalue weighted by Gasteiger charge is 2.36. The fourth-order valence-corrected chi connectivity index (χ4v) is 2.76. The lowest BCUT2D eigenvalue weighted by molar-refractivity contribution is -0.133. The van der Waals surface area contributed by atoms with Crippen LogP contribution in [-0.4, -0.2) is 54.2 Å². The van der Waals surface area contributed by atoms with Crippen LogP contribution in [0.5, 0.6) is 0 Å². The highest BCUT2D eigenvalue weighted by atomic mass is 16.2. The summed E-state index contributed by atoms with van der Waals surface area (Å²) in [5.74, 6) is 0.639. The Bertz CT molecular complexity index is 303. The number of carbonyl (C=O) groups excluding carboxylic acids is 2. The quantitative estimate of drug-likeness (QED) is 0.686. The van der Waals surface area contributed by atoms with E-state index in [9.17, 15) is 9.59 Å². The van der Waals surface area contributed by atoms with Gasteiger partial charge in [0, 0.05) is 26.1 Å². The number of likely N-dealkylation sites (N-methyl/N-ethyl adjacent to an activating group) is 1. The Hall–Kier alpha value is -0.900. The molecule has 2 atom stereocenters. The third-order valence-corrected chi connectivity index (χ3v) is 3.87. The van der Waals surface area contributed by atoms with Crippen molar-refractivity contribution in [1.82, 2.24) is 9.80 Å². The fourth-order valence-electron chi connectivity index (χ4n) is 2.76. The first-order valence-corrected chi connectivity index (χ1v) is 6.09. The van der Waals surface area contributed by atoms with Gasteiger partial charge < -0.3 is 4.90 Å². The van der Waals surface area contributed by atoms with Gasteiger partial charge in [-0.15, -0.1) is 0 Å². The first-order chi connectivity index (χ1) is 7.59. The lowest BCUT2D eigenvalue weighted by Crippen LogP contribution is -2.47. The van der Waals surface area contributed by atoms with Crippen LogP contribution < -0.4 is 0 Å². The third-order valence-electron chi connectivity index (χ3n) is 3.87. The van der Waals surface area contributed by atoms with E-state index in [4.69, 9.17) is 0 Å². The molecule has 2 aliphatic heterocycles. The van der Waals surface area contributed by atoms with Crippen molar-refractivity contribution in [2.45, 2.75) is 32.2 Å². The standard InChI is InChI=1S/C12H20N2O2/c1-9(15)10-4-3-6-14(8-10)11-5-7-13(2)12(11)16/h10-11H,3-8H2,1-2H3. The Labute approximate surface area is 96.6 Å². The highest BCUT2D eigenvalue weighted by Crippen LogP contribution is 2.23. The summed E-state index contributed by atoms with van der Waals surface area (Å²) < 4.78 is 0. The van der Waals surface area contributed by atoms with E-state index in [-0.39, 0.29) is 23.7 Å². The van der Waals surface area contributed by atoms with Crippen molar-refractivity contribution in [3.05, 3.63) is 0 Å². The van der Waals surface area contributed by atoms with Gasteiger partial charge in [-0.3, -0.25) is 14.5 Å². The van der Waals surface area contributed by atoms with Crippen LogP contribution in [0.4, 0.5) is 0 Å². The molecule has 2 saturated heterocycles. The molecule has 2 rings (SSSR count). The molecular weight excluding hydrogens is 204 g/mol. The summed E-state index contributed by atoms with van der Waals surface area (Å²) in [5.41, 5.74) is 0. The Kier molecular flexibility index (Phi) is 3.28. The first-order valence-electron chi connectivity index (χ1n) is 6.09. The summed E-state index contributed by atoms with van der Waals surface area (Å²) in [4.78, 5) is 27.3. The molecule has 0 spiro atoms. The Morgan fingerprint density at radius 1 is 1.31 bits per heavy atom. The van der Waals surface area contributed by atoms with Gasteiger partial charge in [-0.05, 0) is 32.7 Å². The van der Waals surface area contributed by atoms with Gasteiger partial charge in [-0.2, -0.15) is 0 Å². The first kappa shape index (κ1) is 11.6. The lowest BCUT2D eigenvalue weighted by atomic mass is 9.93. The summed E-state index contributed by atoms with van der Waals surface area (Å²) in [7, 11) is 1.86. The maximum atomic E-state index is 11.9. The highest BCUT2D eigenvalue weighted by molar-refractivity contribution is 5.84. The Balaban J connectivity index is 1.99. The minimum Gasteiger partial charge on any atom is -0.344 e. The smallest absolute Gasteiger partial charge is 0.239 e. The maximum absolute atomic E-state index is 11.9. The zero-order chi connectivity index (χ0) is 11.7. The predicted molar refractivity (Wildman–Crippen MR) is 61.0 cm³/mol. The van der Waals surface area contributed by atoms with E-state index in [1.165, 1.54) is 0 Å². The molecule has 4 nitrogen and oxygen atoms in total. The summed E-state index contributed by atoms with van der Waals surface area (Å²) in [6, 6.07) is 0.0344. The zero-order valence-corrected chi connectivity index (χ0v) is 10.1. The van der Waals surface area contributed by atoms with E-state index >= 15 is 0 Å². The van der Waals surface area contributed by atoms with Crippen molar-refractivity contribution in [2.24, 2.45) is 5.92 Å². The molecule has 0 aromatic carbocycles. The second-order valence-corrected chi connectivity index (χ2v) is 5.01. The molecule has 0 saturated carbocycles. The number of amides is 1. The minimum absolute atomic E-state index is 0.0344. The van der Waals surface area contributed by atoms with Gasteiger partial charge in [0.2, 0.25) is 5.91 Å². The van der Waals surface area contributed by atoms with Crippen LogP contribution in [0.1, 0.15) is 26.2 Å². The van der Waals surface area contributed by atoms with Crippen molar-refractivity contribution in [3.63, 3.8) is 0 Å². The van der Waals surface area contributed by atoms with E-state index in [1.807, 2.05) is 7.05 Å². The van der Waals surface area contributed by atoms with Crippen molar-refractivity contribution >= 4 is 11.7 Å². The molecule has 0 aromatic heterocycles. The molecule has 0 N–H and O–H groups in total. The zero-order valence-electron chi connectivity index (χ0n) is 10.1. The molecule has 2 unspecified atom stereocenters. The van der Waals surface area contributed by atoms with Crippen LogP contribution in [-0.2, 0) is 9.59 Å². The molecule has 90 valence electrons. The SMILES string of the molecule is CC(=O)C1CCCN(C2CCN(C)C2=O)C1. The predicted octanol–water partition coefficient (Wildman–Crippen LogP) is 0.518. The molecule has 0 radical (unpaired) electrons. The molecule has 2 heterocycles. The maximum Gasteiger partial charge on any atom is 0.239 e. The van der Waals surface area contributed by atoms with Gasteiger partial charge in [-0.25, -0.2) is 0 Å². The molecule has 16 heavy (non-hydrogen) atoms. The number of hydrogen-bond donors (Lipinski definition) is 0. The van der Waals surface area contributed by atoms with E-state index in [0.717, 1.165) is 38.9 Å².